The topological polar surface area (TPSA) is 591 Å². The maximum absolute atomic E-state index is 14.5. The average Bonchev–Trinajstić information content (AvgIpc) is 1.61. The van der Waals surface area contributed by atoms with Gasteiger partial charge in [0.15, 0.2) is 0 Å². The molecule has 13 atom stereocenters. The minimum Gasteiger partial charge on any atom is -0.465 e. The molecule has 1 aromatic rings. The van der Waals surface area contributed by atoms with E-state index in [4.69, 9.17) is 65.3 Å². The van der Waals surface area contributed by atoms with Crippen molar-refractivity contribution in [3.8, 4) is 0 Å². The predicted molar refractivity (Wildman–Crippen MR) is 403 cm³/mol. The van der Waals surface area contributed by atoms with Crippen molar-refractivity contribution in [2.45, 2.75) is 215 Å². The first-order valence-electron chi connectivity index (χ1n) is 39.3. The summed E-state index contributed by atoms with van der Waals surface area (Å²) in [6.07, 6.45) is 2.10. The zero-order valence-corrected chi connectivity index (χ0v) is 71.3. The average molecular weight is 1740 g/mol. The van der Waals surface area contributed by atoms with Crippen LogP contribution in [0.1, 0.15) is 170 Å². The fourth-order valence-electron chi connectivity index (χ4n) is 12.8. The first-order chi connectivity index (χ1) is 54.9. The summed E-state index contributed by atoms with van der Waals surface area (Å²) in [5.74, 6) is -6.78. The zero-order chi connectivity index (χ0) is 87.4. The molecular weight excluding hydrogens is 1620 g/mol. The monoisotopic (exact) mass is 1740 g/mol. The molecule has 2 saturated heterocycles. The van der Waals surface area contributed by atoms with Crippen molar-refractivity contribution in [2.24, 2.45) is 55.7 Å². The predicted octanol–water partition coefficient (Wildman–Crippen LogP) is 2.97. The summed E-state index contributed by atoms with van der Waals surface area (Å²) in [5, 5.41) is 90.8. The third kappa shape index (κ3) is 30.7. The lowest BCUT2D eigenvalue weighted by Gasteiger charge is -2.34. The Labute approximate surface area is 680 Å². The maximum atomic E-state index is 14.5. The van der Waals surface area contributed by atoms with Gasteiger partial charge >= 0.3 is 65.4 Å². The van der Waals surface area contributed by atoms with Crippen LogP contribution in [-0.4, -0.2) is 287 Å². The van der Waals surface area contributed by atoms with Gasteiger partial charge in [-0.1, -0.05) is 37.3 Å². The molecule has 9 unspecified atom stereocenters. The van der Waals surface area contributed by atoms with Crippen LogP contribution in [0.2, 0.25) is 0 Å². The fraction of sp³-hybridized carbons (Fsp3) is 0.863. The summed E-state index contributed by atoms with van der Waals surface area (Å²) >= 11 is 0. The number of nitrogens with zero attached hydrogens (tertiary/aromatic N) is 3. The molecule has 3 heterocycles. The number of rotatable bonds is 57. The van der Waals surface area contributed by atoms with Crippen LogP contribution in [0, 0.1) is 55.7 Å². The summed E-state index contributed by atoms with van der Waals surface area (Å²) in [4.78, 5) is 139. The molecule has 674 valence electrons. The highest BCUT2D eigenvalue weighted by atomic mass is 31.2. The van der Waals surface area contributed by atoms with Gasteiger partial charge in [0.2, 0.25) is 0 Å². The molecule has 2 aliphatic carbocycles. The van der Waals surface area contributed by atoms with Crippen LogP contribution in [-0.2, 0) is 136 Å². The van der Waals surface area contributed by atoms with Crippen molar-refractivity contribution in [1.82, 2.24) is 20.3 Å². The molecule has 0 aromatic carbocycles. The van der Waals surface area contributed by atoms with Gasteiger partial charge in [0.1, 0.15) is 90.3 Å². The van der Waals surface area contributed by atoms with Crippen LogP contribution in [0.15, 0.2) is 0 Å². The summed E-state index contributed by atoms with van der Waals surface area (Å²) in [6, 6.07) is 0. The Kier molecular flexibility index (Phi) is 40.6. The van der Waals surface area contributed by atoms with E-state index < -0.39 is 258 Å². The molecule has 3 fully saturated rings. The summed E-state index contributed by atoms with van der Waals surface area (Å²) < 4.78 is 120. The summed E-state index contributed by atoms with van der Waals surface area (Å²) in [5.41, 5.74) is -11.5. The number of carbonyl (C=O) groups excluding carboxylic acids is 8. The number of phosphoric acid groups is 3. The number of ketones is 1. The Morgan fingerprint density at radius 3 is 1.35 bits per heavy atom. The highest BCUT2D eigenvalue weighted by Crippen LogP contribution is 2.54. The van der Waals surface area contributed by atoms with Gasteiger partial charge in [0, 0.05) is 39.5 Å². The number of amides is 1. The van der Waals surface area contributed by atoms with E-state index >= 15 is 0 Å². The lowest BCUT2D eigenvalue weighted by Crippen LogP contribution is -2.47. The van der Waals surface area contributed by atoms with E-state index in [1.165, 1.54) is 41.5 Å². The number of aryl methyl sites for hydroxylation is 2. The van der Waals surface area contributed by atoms with E-state index in [-0.39, 0.29) is 38.6 Å². The number of alkyl carbamates (subject to hydrolysis) is 1. The van der Waals surface area contributed by atoms with Crippen LogP contribution in [0.5, 0.6) is 0 Å². The van der Waals surface area contributed by atoms with Gasteiger partial charge in [0.25, 0.3) is 0 Å². The summed E-state index contributed by atoms with van der Waals surface area (Å²) in [6.45, 7) is 0.190. The molecule has 1 aromatic heterocycles. The zero-order valence-electron chi connectivity index (χ0n) is 68.6. The van der Waals surface area contributed by atoms with Crippen LogP contribution in [0.4, 0.5) is 4.79 Å². The molecule has 4 aliphatic rings. The van der Waals surface area contributed by atoms with Crippen molar-refractivity contribution in [1.29, 1.82) is 0 Å². The number of Topliss-reactive ketones (excluding diaryl/α,β-unsaturated/α-hetero) is 1. The number of esters is 6. The third-order valence-corrected chi connectivity index (χ3v) is 24.9. The van der Waals surface area contributed by atoms with Crippen molar-refractivity contribution in [2.75, 3.05) is 133 Å². The van der Waals surface area contributed by atoms with Gasteiger partial charge in [-0.15, -0.1) is 5.10 Å². The Morgan fingerprint density at radius 2 is 0.872 bits per heavy atom. The number of hydrogen-bond acceptors (Lipinski definition) is 36. The number of nitrogens with one attached hydrogen (secondary N) is 1. The number of carbonyl (C=O) groups is 8. The number of aliphatic hydroxyl groups excluding tert-OH is 8. The number of fused-ring (bicyclic) bond motifs is 2. The molecule has 117 heavy (non-hydrogen) atoms. The van der Waals surface area contributed by atoms with Crippen LogP contribution < -0.4 is 5.32 Å². The fourth-order valence-corrected chi connectivity index (χ4v) is 15.2. The number of ether oxygens (including phenoxy) is 9. The number of phosphoric ester groups is 3. The molecule has 0 spiro atoms. The molecule has 44 heteroatoms. The number of hydrogen-bond donors (Lipinski definition) is 12. The van der Waals surface area contributed by atoms with Crippen molar-refractivity contribution in [3.63, 3.8) is 0 Å². The van der Waals surface area contributed by atoms with Crippen molar-refractivity contribution < 1.29 is 177 Å². The minimum absolute atomic E-state index is 0.114. The van der Waals surface area contributed by atoms with E-state index in [1.807, 2.05) is 4.68 Å². The molecule has 0 bridgehead atoms. The molecule has 2 aliphatic heterocycles. The van der Waals surface area contributed by atoms with E-state index in [9.17, 15) is 108 Å². The first kappa shape index (κ1) is 102. The Bertz CT molecular complexity index is 3350. The van der Waals surface area contributed by atoms with Gasteiger partial charge in [-0.2, -0.15) is 0 Å². The van der Waals surface area contributed by atoms with E-state index in [0.717, 1.165) is 57.5 Å². The van der Waals surface area contributed by atoms with Gasteiger partial charge in [-0.25, -0.2) is 23.2 Å². The standard InChI is InChI=1S/C73H125N4O37P3/c1-48-30-55(113-115(94,95)100-10)58(112-48)34-110-117(98,99)114-56-31-49(2)111-57(56)33-109-116(96,97)108-29-19-15-12-16-26-74-66(93)102-32-52-50-20-22-53-54(23-21-51(50)52)77(76-75-53)27-17-13-11-14-18-28-101-60(87)67(3,25-24-59(86)72(8,44-104-61(88)68(4,35-78)36-79)45-105-62(89)69(5,37-80)38-81)43-103-65(92)73(9,46-106-63(90)70(6,39-82)40-83)47-107-64(91)71(7,41-84)42-85/h48-52,55-58,78-85H,11-47H2,1-10H3,(H,74,93)(H,94,95)(H,96,97)(H,98,99)/t48-,49-,50?,51?,52?,55?,56?,57+,58+,67?/m0/s1. The molecule has 0 radical (unpaired) electrons. The van der Waals surface area contributed by atoms with Crippen LogP contribution in [0.25, 0.3) is 0 Å². The second kappa shape index (κ2) is 46.4. The van der Waals surface area contributed by atoms with Gasteiger partial charge in [-0.3, -0.25) is 60.7 Å². The van der Waals surface area contributed by atoms with E-state index in [1.54, 1.807) is 13.8 Å². The summed E-state index contributed by atoms with van der Waals surface area (Å²) in [7, 11) is -12.8. The first-order valence-corrected chi connectivity index (χ1v) is 43.8. The number of aliphatic hydroxyl groups is 8. The van der Waals surface area contributed by atoms with Gasteiger partial charge < -0.3 is 103 Å². The van der Waals surface area contributed by atoms with Gasteiger partial charge in [-0.05, 0) is 138 Å². The van der Waals surface area contributed by atoms with Crippen LogP contribution in [0.3, 0.4) is 0 Å². The molecular formula is C73H125N4O37P3. The SMILES string of the molecule is COP(=O)(O)OC1C[C@H](C)O[C@@H]1COP(=O)(O)OC1C[C@H](C)O[C@@H]1COP(=O)(O)OCCCCCCNC(=O)OCC1C2CCc3nnn(CCCCCCCOC(=O)C(C)(CCC(=O)C(C)(COC(=O)C(C)(CO)CO)COC(=O)C(C)(CO)CO)COC(=O)C(C)(COC(=O)C(C)(CO)CO)COC(=O)C(C)(CO)CO)c3CCC21. The number of aromatic nitrogens is 3. The Balaban J connectivity index is 1.07. The lowest BCUT2D eigenvalue weighted by molar-refractivity contribution is -0.182. The maximum Gasteiger partial charge on any atom is 0.472 e. The Morgan fingerprint density at radius 1 is 0.470 bits per heavy atom. The van der Waals surface area contributed by atoms with Crippen molar-refractivity contribution >= 4 is 71.2 Å². The smallest absolute Gasteiger partial charge is 0.465 e. The van der Waals surface area contributed by atoms with E-state index in [0.29, 0.717) is 76.3 Å². The number of unbranched alkanes of at least 4 members (excludes halogenated alkanes) is 7. The second-order valence-electron chi connectivity index (χ2n) is 32.9. The largest absolute Gasteiger partial charge is 0.472 e. The van der Waals surface area contributed by atoms with Crippen LogP contribution >= 0.6 is 23.5 Å². The quantitative estimate of drug-likeness (QED) is 0.0193. The minimum atomic E-state index is -4.80. The highest BCUT2D eigenvalue weighted by molar-refractivity contribution is 7.48. The second-order valence-corrected chi connectivity index (χ2v) is 37.2. The van der Waals surface area contributed by atoms with E-state index in [2.05, 4.69) is 20.2 Å². The Hall–Kier alpha value is -5.17. The lowest BCUT2D eigenvalue weighted by atomic mass is 9.79. The molecule has 12 N–H and O–H groups in total. The van der Waals surface area contributed by atoms with Crippen molar-refractivity contribution in [3.05, 3.63) is 11.4 Å². The molecule has 41 nitrogen and oxygen atoms in total. The molecule has 1 amide bonds. The highest BCUT2D eigenvalue weighted by Gasteiger charge is 2.52. The molecule has 5 rings (SSSR count). The van der Waals surface area contributed by atoms with Gasteiger partial charge in [0.05, 0.1) is 120 Å². The normalized spacial score (nSPS) is 22.6. The third-order valence-electron chi connectivity index (χ3n) is 21.9. The molecule has 1 saturated carbocycles.